The first-order valence-electron chi connectivity index (χ1n) is 8.00. The summed E-state index contributed by atoms with van der Waals surface area (Å²) < 4.78 is 57.1. The molecular weight excluding hydrogens is 362 g/mol. The van der Waals surface area contributed by atoms with Gasteiger partial charge in [-0.2, -0.15) is 21.2 Å². The minimum Gasteiger partial charge on any atom is -0.282 e. The van der Waals surface area contributed by atoms with Crippen molar-refractivity contribution in [2.45, 2.75) is 43.9 Å². The van der Waals surface area contributed by atoms with E-state index in [0.717, 1.165) is 16.7 Å². The van der Waals surface area contributed by atoms with E-state index in [1.165, 1.54) is 6.07 Å². The zero-order valence-corrected chi connectivity index (χ0v) is 15.8. The Kier molecular flexibility index (Phi) is 6.31. The molecular formula is C17H21NO5S2. The van der Waals surface area contributed by atoms with Gasteiger partial charge in [-0.05, 0) is 47.9 Å². The molecule has 1 N–H and O–H groups in total. The van der Waals surface area contributed by atoms with Crippen molar-refractivity contribution in [1.29, 1.82) is 0 Å². The molecule has 136 valence electrons. The zero-order chi connectivity index (χ0) is 18.6. The van der Waals surface area contributed by atoms with Crippen LogP contribution in [0.2, 0.25) is 0 Å². The molecule has 0 saturated heterocycles. The Balaban J connectivity index is 2.38. The van der Waals surface area contributed by atoms with E-state index in [0.29, 0.717) is 30.7 Å². The minimum absolute atomic E-state index is 0.0891. The summed E-state index contributed by atoms with van der Waals surface area (Å²) in [5, 5.41) is 0. The SMILES string of the molecule is CC(C)c1ccc2c(CCCCN=S(=O)=O)cc(S(=O)(=O)O)c-2cc1. The number of hydrogen-bond donors (Lipinski definition) is 1. The van der Waals surface area contributed by atoms with Crippen molar-refractivity contribution in [3.8, 4) is 11.1 Å². The second-order valence-electron chi connectivity index (χ2n) is 6.18. The third-order valence-corrected chi connectivity index (χ3v) is 5.37. The molecule has 0 aromatic heterocycles. The maximum Gasteiger partial charge on any atom is 0.311 e. The fourth-order valence-corrected chi connectivity index (χ4v) is 3.80. The smallest absolute Gasteiger partial charge is 0.282 e. The first kappa shape index (κ1) is 19.6. The largest absolute Gasteiger partial charge is 0.311 e. The highest BCUT2D eigenvalue weighted by molar-refractivity contribution is 7.86. The van der Waals surface area contributed by atoms with Gasteiger partial charge in [-0.1, -0.05) is 38.1 Å². The van der Waals surface area contributed by atoms with E-state index in [-0.39, 0.29) is 11.4 Å². The highest BCUT2D eigenvalue weighted by Gasteiger charge is 2.22. The van der Waals surface area contributed by atoms with Crippen LogP contribution in [0.3, 0.4) is 0 Å². The molecule has 0 aliphatic heterocycles. The Morgan fingerprint density at radius 1 is 1.08 bits per heavy atom. The lowest BCUT2D eigenvalue weighted by atomic mass is 10.0. The third-order valence-electron chi connectivity index (χ3n) is 4.09. The number of hydrogen-bond acceptors (Lipinski definition) is 5. The molecule has 0 atom stereocenters. The van der Waals surface area contributed by atoms with E-state index in [2.05, 4.69) is 4.36 Å². The van der Waals surface area contributed by atoms with Gasteiger partial charge in [-0.15, -0.1) is 0 Å². The van der Waals surface area contributed by atoms with Gasteiger partial charge in [0.15, 0.2) is 0 Å². The van der Waals surface area contributed by atoms with Crippen molar-refractivity contribution in [2.75, 3.05) is 6.54 Å². The van der Waals surface area contributed by atoms with Crippen molar-refractivity contribution in [3.63, 3.8) is 0 Å². The summed E-state index contributed by atoms with van der Waals surface area (Å²) >= 11 is 0. The van der Waals surface area contributed by atoms with Gasteiger partial charge in [0.25, 0.3) is 10.1 Å². The van der Waals surface area contributed by atoms with Crippen LogP contribution >= 0.6 is 0 Å². The van der Waals surface area contributed by atoms with E-state index in [4.69, 9.17) is 0 Å². The van der Waals surface area contributed by atoms with Crippen LogP contribution in [-0.2, 0) is 27.0 Å². The normalized spacial score (nSPS) is 11.8. The number of nitrogens with zero attached hydrogens (tertiary/aromatic N) is 1. The molecule has 0 heterocycles. The number of unbranched alkanes of at least 4 members (excludes halogenated alkanes) is 1. The van der Waals surface area contributed by atoms with Crippen LogP contribution in [0.5, 0.6) is 0 Å². The highest BCUT2D eigenvalue weighted by Crippen LogP contribution is 2.36. The first-order valence-corrected chi connectivity index (χ1v) is 10.5. The van der Waals surface area contributed by atoms with Gasteiger partial charge >= 0.3 is 10.5 Å². The van der Waals surface area contributed by atoms with E-state index in [1.54, 1.807) is 6.07 Å². The molecule has 0 spiro atoms. The standard InChI is InChI=1S/C17H21NO5S2/c1-12(2)13-6-8-15-14(5-3-4-10-18-24(19)20)11-17(25(21,22)23)16(15)9-7-13/h6-9,11-12H,3-5,10H2,1-2H3,(H,21,22,23). The van der Waals surface area contributed by atoms with E-state index in [9.17, 15) is 21.4 Å². The lowest BCUT2D eigenvalue weighted by Crippen LogP contribution is -1.96. The zero-order valence-electron chi connectivity index (χ0n) is 14.1. The summed E-state index contributed by atoms with van der Waals surface area (Å²) in [5.74, 6) is 0.295. The predicted molar refractivity (Wildman–Crippen MR) is 96.1 cm³/mol. The quantitative estimate of drug-likeness (QED) is 0.582. The van der Waals surface area contributed by atoms with Gasteiger partial charge < -0.3 is 0 Å². The minimum atomic E-state index is -4.32. The summed E-state index contributed by atoms with van der Waals surface area (Å²) in [7, 11) is -6.71. The molecule has 0 unspecified atom stereocenters. The van der Waals surface area contributed by atoms with Crippen molar-refractivity contribution in [3.05, 3.63) is 41.5 Å². The highest BCUT2D eigenvalue weighted by atomic mass is 32.2. The fourth-order valence-electron chi connectivity index (χ4n) is 2.77. The molecule has 8 heteroatoms. The number of fused-ring (bicyclic) bond motifs is 1. The Morgan fingerprint density at radius 2 is 1.72 bits per heavy atom. The second-order valence-corrected chi connectivity index (χ2v) is 8.27. The Bertz CT molecular complexity index is 955. The van der Waals surface area contributed by atoms with Crippen LogP contribution in [0.15, 0.2) is 39.6 Å². The number of rotatable bonds is 7. The van der Waals surface area contributed by atoms with Gasteiger partial charge in [0.1, 0.15) is 4.90 Å². The van der Waals surface area contributed by atoms with Gasteiger partial charge in [0.2, 0.25) is 0 Å². The van der Waals surface area contributed by atoms with Crippen LogP contribution < -0.4 is 0 Å². The molecule has 0 amide bonds. The molecule has 0 aromatic rings. The number of aryl methyl sites for hydroxylation is 1. The molecule has 0 fully saturated rings. The molecule has 0 bridgehead atoms. The van der Waals surface area contributed by atoms with Crippen LogP contribution in [0.1, 0.15) is 43.7 Å². The average molecular weight is 383 g/mol. The van der Waals surface area contributed by atoms with Crippen LogP contribution in [0.4, 0.5) is 0 Å². The molecule has 2 aliphatic rings. The van der Waals surface area contributed by atoms with Crippen LogP contribution in [-0.4, -0.2) is 27.9 Å². The third kappa shape index (κ3) is 5.10. The molecule has 0 saturated carbocycles. The molecule has 0 aromatic carbocycles. The summed E-state index contributed by atoms with van der Waals surface area (Å²) in [5.41, 5.74) is 3.16. The van der Waals surface area contributed by atoms with Gasteiger partial charge in [-0.3, -0.25) is 4.55 Å². The van der Waals surface area contributed by atoms with Gasteiger partial charge in [-0.25, -0.2) is 0 Å². The lowest BCUT2D eigenvalue weighted by molar-refractivity contribution is 0.483. The first-order chi connectivity index (χ1) is 11.7. The lowest BCUT2D eigenvalue weighted by Gasteiger charge is -2.01. The fraction of sp³-hybridized carbons (Fsp3) is 0.412. The Labute approximate surface area is 149 Å². The second kappa shape index (κ2) is 8.07. The molecule has 2 rings (SSSR count). The predicted octanol–water partition coefficient (Wildman–Crippen LogP) is 3.55. The van der Waals surface area contributed by atoms with Crippen molar-refractivity contribution in [1.82, 2.24) is 0 Å². The van der Waals surface area contributed by atoms with Crippen molar-refractivity contribution >= 4 is 20.6 Å². The Hall–Kier alpha value is -1.77. The molecule has 0 radical (unpaired) electrons. The van der Waals surface area contributed by atoms with Crippen LogP contribution in [0, 0.1) is 0 Å². The Morgan fingerprint density at radius 3 is 2.28 bits per heavy atom. The van der Waals surface area contributed by atoms with Gasteiger partial charge in [0, 0.05) is 5.56 Å². The summed E-state index contributed by atoms with van der Waals surface area (Å²) in [6.45, 7) is 4.31. The summed E-state index contributed by atoms with van der Waals surface area (Å²) in [6.07, 6.45) is 1.83. The molecule has 2 aliphatic carbocycles. The van der Waals surface area contributed by atoms with Gasteiger partial charge in [0.05, 0.1) is 6.54 Å². The summed E-state index contributed by atoms with van der Waals surface area (Å²) in [4.78, 5) is -0.0891. The van der Waals surface area contributed by atoms with E-state index < -0.39 is 20.6 Å². The molecule has 25 heavy (non-hydrogen) atoms. The topological polar surface area (TPSA) is 101 Å². The van der Waals surface area contributed by atoms with E-state index >= 15 is 0 Å². The maximum absolute atomic E-state index is 11.7. The maximum atomic E-state index is 11.7. The van der Waals surface area contributed by atoms with E-state index in [1.807, 2.05) is 32.0 Å². The van der Waals surface area contributed by atoms with Crippen molar-refractivity contribution < 1.29 is 21.4 Å². The van der Waals surface area contributed by atoms with Crippen molar-refractivity contribution in [2.24, 2.45) is 4.36 Å². The summed E-state index contributed by atoms with van der Waals surface area (Å²) in [6, 6.07) is 8.94. The molecule has 6 nitrogen and oxygen atoms in total. The average Bonchev–Trinajstić information content (AvgIpc) is 2.71. The monoisotopic (exact) mass is 383 g/mol. The van der Waals surface area contributed by atoms with Crippen LogP contribution in [0.25, 0.3) is 11.1 Å².